The number of rotatable bonds is 1. The zero-order valence-electron chi connectivity index (χ0n) is 10.2. The first-order valence-corrected chi connectivity index (χ1v) is 5.86. The molecular weight excluding hydrogens is 216 g/mol. The van der Waals surface area contributed by atoms with Crippen molar-refractivity contribution in [3.05, 3.63) is 29.8 Å². The van der Waals surface area contributed by atoms with Gasteiger partial charge in [0.15, 0.2) is 0 Å². The molecule has 0 unspecified atom stereocenters. The number of nitrogens with two attached hydrogens (primary N) is 1. The number of amides is 1. The molecule has 0 radical (unpaired) electrons. The van der Waals surface area contributed by atoms with E-state index in [0.29, 0.717) is 24.3 Å². The van der Waals surface area contributed by atoms with E-state index in [0.717, 1.165) is 0 Å². The highest BCUT2D eigenvalue weighted by atomic mass is 16.5. The lowest BCUT2D eigenvalue weighted by Gasteiger charge is -2.35. The van der Waals surface area contributed by atoms with Crippen molar-refractivity contribution >= 4 is 11.6 Å². The molecule has 0 aromatic heterocycles. The lowest BCUT2D eigenvalue weighted by atomic mass is 10.1. The van der Waals surface area contributed by atoms with Crippen LogP contribution in [0.5, 0.6) is 0 Å². The second kappa shape index (κ2) is 4.75. The number of carbonyl (C=O) groups is 1. The summed E-state index contributed by atoms with van der Waals surface area (Å²) in [6.45, 7) is 5.24. The Morgan fingerprint density at radius 2 is 2.00 bits per heavy atom. The predicted molar refractivity (Wildman–Crippen MR) is 66.8 cm³/mol. The summed E-state index contributed by atoms with van der Waals surface area (Å²) in [7, 11) is 0. The van der Waals surface area contributed by atoms with E-state index in [1.807, 2.05) is 18.7 Å². The molecule has 2 N–H and O–H groups in total. The normalized spacial score (nSPS) is 24.7. The summed E-state index contributed by atoms with van der Waals surface area (Å²) in [5.74, 6) is 0.0271. The molecule has 92 valence electrons. The second-order valence-corrected chi connectivity index (χ2v) is 4.59. The maximum absolute atomic E-state index is 12.3. The van der Waals surface area contributed by atoms with Gasteiger partial charge < -0.3 is 15.4 Å². The fraction of sp³-hybridized carbons (Fsp3) is 0.462. The molecule has 0 aliphatic carbocycles. The van der Waals surface area contributed by atoms with Crippen LogP contribution in [0.3, 0.4) is 0 Å². The number of nitrogens with zero attached hydrogens (tertiary/aromatic N) is 1. The summed E-state index contributed by atoms with van der Waals surface area (Å²) < 4.78 is 5.61. The Bertz CT molecular complexity index is 410. The van der Waals surface area contributed by atoms with E-state index in [2.05, 4.69) is 0 Å². The van der Waals surface area contributed by atoms with Gasteiger partial charge >= 0.3 is 0 Å². The fourth-order valence-electron chi connectivity index (χ4n) is 2.20. The first kappa shape index (κ1) is 11.9. The van der Waals surface area contributed by atoms with E-state index in [9.17, 15) is 4.79 Å². The van der Waals surface area contributed by atoms with Gasteiger partial charge in [0, 0.05) is 24.3 Å². The number of benzene rings is 1. The zero-order chi connectivity index (χ0) is 12.4. The molecule has 1 aromatic carbocycles. The molecule has 2 rings (SSSR count). The molecule has 1 saturated heterocycles. The Labute approximate surface area is 101 Å². The van der Waals surface area contributed by atoms with E-state index >= 15 is 0 Å². The molecule has 1 heterocycles. The van der Waals surface area contributed by atoms with E-state index < -0.39 is 0 Å². The molecule has 2 atom stereocenters. The number of hydrogen-bond donors (Lipinski definition) is 1. The Morgan fingerprint density at radius 3 is 2.59 bits per heavy atom. The monoisotopic (exact) mass is 234 g/mol. The van der Waals surface area contributed by atoms with Crippen LogP contribution in [0.1, 0.15) is 24.2 Å². The first-order valence-electron chi connectivity index (χ1n) is 5.86. The van der Waals surface area contributed by atoms with Crippen LogP contribution in [0.2, 0.25) is 0 Å². The highest BCUT2D eigenvalue weighted by Gasteiger charge is 2.26. The van der Waals surface area contributed by atoms with Gasteiger partial charge in [-0.3, -0.25) is 4.79 Å². The molecule has 4 heteroatoms. The third-order valence-corrected chi connectivity index (χ3v) is 2.84. The first-order chi connectivity index (χ1) is 8.06. The van der Waals surface area contributed by atoms with Crippen molar-refractivity contribution in [2.45, 2.75) is 26.1 Å². The standard InChI is InChI=1S/C13H18N2O2/c1-9-7-15(8-10(2)17-9)13(16)11-4-3-5-12(14)6-11/h3-6,9-10H,7-8,14H2,1-2H3/t9-,10-/m1/s1. The van der Waals surface area contributed by atoms with Gasteiger partial charge in [-0.05, 0) is 32.0 Å². The van der Waals surface area contributed by atoms with Gasteiger partial charge in [-0.1, -0.05) is 6.07 Å². The Kier molecular flexibility index (Phi) is 3.33. The predicted octanol–water partition coefficient (Wildman–Crippen LogP) is 1.52. The number of hydrogen-bond acceptors (Lipinski definition) is 3. The molecule has 1 aliphatic rings. The van der Waals surface area contributed by atoms with Crippen molar-refractivity contribution in [2.24, 2.45) is 0 Å². The largest absolute Gasteiger partial charge is 0.399 e. The fourth-order valence-corrected chi connectivity index (χ4v) is 2.20. The Balaban J connectivity index is 2.14. The van der Waals surface area contributed by atoms with Gasteiger partial charge in [0.2, 0.25) is 0 Å². The van der Waals surface area contributed by atoms with Gasteiger partial charge in [-0.2, -0.15) is 0 Å². The van der Waals surface area contributed by atoms with Crippen molar-refractivity contribution < 1.29 is 9.53 Å². The summed E-state index contributed by atoms with van der Waals surface area (Å²) in [6, 6.07) is 7.09. The molecule has 4 nitrogen and oxygen atoms in total. The maximum atomic E-state index is 12.3. The molecule has 17 heavy (non-hydrogen) atoms. The summed E-state index contributed by atoms with van der Waals surface area (Å²) in [5, 5.41) is 0. The van der Waals surface area contributed by atoms with Crippen molar-refractivity contribution in [3.63, 3.8) is 0 Å². The van der Waals surface area contributed by atoms with E-state index in [1.54, 1.807) is 24.3 Å². The van der Waals surface area contributed by atoms with Crippen LogP contribution < -0.4 is 5.73 Å². The topological polar surface area (TPSA) is 55.6 Å². The highest BCUT2D eigenvalue weighted by molar-refractivity contribution is 5.95. The van der Waals surface area contributed by atoms with Crippen molar-refractivity contribution in [1.82, 2.24) is 4.90 Å². The minimum absolute atomic E-state index is 0.0271. The van der Waals surface area contributed by atoms with Crippen LogP contribution in [0.4, 0.5) is 5.69 Å². The third-order valence-electron chi connectivity index (χ3n) is 2.84. The van der Waals surface area contributed by atoms with Crippen LogP contribution in [0, 0.1) is 0 Å². The molecule has 0 spiro atoms. The van der Waals surface area contributed by atoms with Crippen molar-refractivity contribution in [1.29, 1.82) is 0 Å². The van der Waals surface area contributed by atoms with Gasteiger partial charge in [0.05, 0.1) is 12.2 Å². The average Bonchev–Trinajstić information content (AvgIpc) is 2.26. The minimum Gasteiger partial charge on any atom is -0.399 e. The molecule has 1 amide bonds. The van der Waals surface area contributed by atoms with E-state index in [4.69, 9.17) is 10.5 Å². The van der Waals surface area contributed by atoms with Crippen molar-refractivity contribution in [2.75, 3.05) is 18.8 Å². The lowest BCUT2D eigenvalue weighted by Crippen LogP contribution is -2.48. The van der Waals surface area contributed by atoms with E-state index in [1.165, 1.54) is 0 Å². The molecule has 1 fully saturated rings. The molecule has 0 saturated carbocycles. The number of nitrogen functional groups attached to an aromatic ring is 1. The molecule has 0 bridgehead atoms. The Hall–Kier alpha value is -1.55. The number of ether oxygens (including phenoxy) is 1. The molecule has 1 aliphatic heterocycles. The number of morpholine rings is 1. The molecular formula is C13H18N2O2. The SMILES string of the molecule is C[C@@H]1CN(C(=O)c2cccc(N)c2)C[C@@H](C)O1. The summed E-state index contributed by atoms with van der Waals surface area (Å²) >= 11 is 0. The Morgan fingerprint density at radius 1 is 1.35 bits per heavy atom. The number of carbonyl (C=O) groups excluding carboxylic acids is 1. The maximum Gasteiger partial charge on any atom is 0.254 e. The quantitative estimate of drug-likeness (QED) is 0.749. The summed E-state index contributed by atoms with van der Waals surface area (Å²) in [5.41, 5.74) is 6.95. The smallest absolute Gasteiger partial charge is 0.254 e. The van der Waals surface area contributed by atoms with Crippen LogP contribution >= 0.6 is 0 Å². The van der Waals surface area contributed by atoms with Gasteiger partial charge in [-0.25, -0.2) is 0 Å². The van der Waals surface area contributed by atoms with Crippen LogP contribution in [0.25, 0.3) is 0 Å². The van der Waals surface area contributed by atoms with E-state index in [-0.39, 0.29) is 18.1 Å². The molecule has 1 aromatic rings. The van der Waals surface area contributed by atoms with Gasteiger partial charge in [0.1, 0.15) is 0 Å². The van der Waals surface area contributed by atoms with Crippen LogP contribution in [-0.4, -0.2) is 36.1 Å². The van der Waals surface area contributed by atoms with Gasteiger partial charge in [0.25, 0.3) is 5.91 Å². The zero-order valence-corrected chi connectivity index (χ0v) is 10.2. The van der Waals surface area contributed by atoms with Crippen LogP contribution in [-0.2, 0) is 4.74 Å². The average molecular weight is 234 g/mol. The lowest BCUT2D eigenvalue weighted by molar-refractivity contribution is -0.0586. The van der Waals surface area contributed by atoms with Gasteiger partial charge in [-0.15, -0.1) is 0 Å². The summed E-state index contributed by atoms with van der Waals surface area (Å²) in [4.78, 5) is 14.1. The third kappa shape index (κ3) is 2.77. The van der Waals surface area contributed by atoms with Crippen LogP contribution in [0.15, 0.2) is 24.3 Å². The summed E-state index contributed by atoms with van der Waals surface area (Å²) in [6.07, 6.45) is 0.174. The number of anilines is 1. The highest BCUT2D eigenvalue weighted by Crippen LogP contribution is 2.15. The second-order valence-electron chi connectivity index (χ2n) is 4.59. The minimum atomic E-state index is 0.0271. The van der Waals surface area contributed by atoms with Crippen molar-refractivity contribution in [3.8, 4) is 0 Å².